The Bertz CT molecular complexity index is 3220. The Hall–Kier alpha value is -7.36. The van der Waals surface area contributed by atoms with E-state index in [0.29, 0.717) is 0 Å². The summed E-state index contributed by atoms with van der Waals surface area (Å²) in [6.45, 7) is 0. The van der Waals surface area contributed by atoms with E-state index >= 15 is 0 Å². The van der Waals surface area contributed by atoms with Crippen molar-refractivity contribution >= 4 is 71.7 Å². The van der Waals surface area contributed by atoms with Gasteiger partial charge in [0.25, 0.3) is 0 Å². The quantitative estimate of drug-likeness (QED) is 0.173. The molecule has 55 heavy (non-hydrogen) atoms. The minimum Gasteiger partial charge on any atom is -0.456 e. The van der Waals surface area contributed by atoms with Crippen molar-refractivity contribution in [2.45, 2.75) is 0 Å². The predicted octanol–water partition coefficient (Wildman–Crippen LogP) is 15.1. The van der Waals surface area contributed by atoms with Gasteiger partial charge in [-0.25, -0.2) is 0 Å². The fraction of sp³-hybridized carbons (Fsp3) is 0. The van der Waals surface area contributed by atoms with Crippen LogP contribution < -0.4 is 4.90 Å². The highest BCUT2D eigenvalue weighted by Crippen LogP contribution is 2.48. The second kappa shape index (κ2) is 12.6. The maximum Gasteiger partial charge on any atom is 0.159 e. The van der Waals surface area contributed by atoms with Crippen molar-refractivity contribution in [2.75, 3.05) is 4.90 Å². The van der Waals surface area contributed by atoms with E-state index < -0.39 is 0 Å². The molecule has 0 fully saturated rings. The molecule has 0 aliphatic rings. The van der Waals surface area contributed by atoms with Crippen molar-refractivity contribution in [1.29, 1.82) is 0 Å². The summed E-state index contributed by atoms with van der Waals surface area (Å²) in [5.41, 5.74) is 13.5. The molecule has 0 saturated heterocycles. The number of rotatable bonds is 6. The second-order valence-electron chi connectivity index (χ2n) is 14.0. The largest absolute Gasteiger partial charge is 0.456 e. The Labute approximate surface area is 317 Å². The van der Waals surface area contributed by atoms with E-state index in [2.05, 4.69) is 187 Å². The number of furan rings is 2. The zero-order valence-corrected chi connectivity index (χ0v) is 29.8. The normalized spacial score (nSPS) is 11.6. The van der Waals surface area contributed by atoms with E-state index in [1.54, 1.807) is 0 Å². The molecule has 0 bridgehead atoms. The average Bonchev–Trinajstić information content (AvgIpc) is 3.83. The van der Waals surface area contributed by atoms with Crippen molar-refractivity contribution in [2.24, 2.45) is 0 Å². The Morgan fingerprint density at radius 2 is 0.909 bits per heavy atom. The van der Waals surface area contributed by atoms with Gasteiger partial charge in [0.2, 0.25) is 0 Å². The molecule has 2 aromatic heterocycles. The molecule has 0 amide bonds. The molecule has 0 aliphatic heterocycles. The third-order valence-electron chi connectivity index (χ3n) is 10.9. The van der Waals surface area contributed by atoms with Gasteiger partial charge < -0.3 is 13.7 Å². The molecule has 11 aromatic rings. The molecule has 3 heteroatoms. The van der Waals surface area contributed by atoms with Crippen LogP contribution in [0.1, 0.15) is 0 Å². The lowest BCUT2D eigenvalue weighted by Gasteiger charge is -2.29. The van der Waals surface area contributed by atoms with Gasteiger partial charge in [-0.1, -0.05) is 152 Å². The van der Waals surface area contributed by atoms with Crippen LogP contribution in [0.25, 0.3) is 88.0 Å². The van der Waals surface area contributed by atoms with Crippen molar-refractivity contribution in [3.63, 3.8) is 0 Å². The first-order valence-electron chi connectivity index (χ1n) is 18.7. The molecular formula is C52H33NO2. The van der Waals surface area contributed by atoms with Gasteiger partial charge in [0.15, 0.2) is 5.58 Å². The van der Waals surface area contributed by atoms with Gasteiger partial charge in [0.1, 0.15) is 16.7 Å². The summed E-state index contributed by atoms with van der Waals surface area (Å²) < 4.78 is 12.9. The lowest BCUT2D eigenvalue weighted by atomic mass is 9.90. The zero-order chi connectivity index (χ0) is 36.3. The molecule has 0 spiro atoms. The molecule has 0 N–H and O–H groups in total. The summed E-state index contributed by atoms with van der Waals surface area (Å²) in [7, 11) is 0. The molecule has 0 aliphatic carbocycles. The highest BCUT2D eigenvalue weighted by Gasteiger charge is 2.23. The molecule has 3 nitrogen and oxygen atoms in total. The smallest absolute Gasteiger partial charge is 0.159 e. The van der Waals surface area contributed by atoms with E-state index in [-0.39, 0.29) is 0 Å². The highest BCUT2D eigenvalue weighted by molar-refractivity contribution is 6.13. The number of nitrogens with zero attached hydrogens (tertiary/aromatic N) is 1. The molecule has 9 aromatic carbocycles. The van der Waals surface area contributed by atoms with E-state index in [9.17, 15) is 0 Å². The van der Waals surface area contributed by atoms with Crippen LogP contribution >= 0.6 is 0 Å². The molecule has 0 atom stereocenters. The molecule has 11 rings (SSSR count). The summed E-state index contributed by atoms with van der Waals surface area (Å²) in [5.74, 6) is 0. The monoisotopic (exact) mass is 703 g/mol. The van der Waals surface area contributed by atoms with Crippen LogP contribution in [0.5, 0.6) is 0 Å². The van der Waals surface area contributed by atoms with Gasteiger partial charge in [-0.05, 0) is 87.1 Å². The molecule has 2 heterocycles. The first-order chi connectivity index (χ1) is 27.3. The number of benzene rings is 9. The minimum absolute atomic E-state index is 0.845. The highest BCUT2D eigenvalue weighted by atomic mass is 16.3. The van der Waals surface area contributed by atoms with Gasteiger partial charge in [-0.15, -0.1) is 0 Å². The fourth-order valence-electron chi connectivity index (χ4n) is 8.37. The molecule has 0 saturated carbocycles. The second-order valence-corrected chi connectivity index (χ2v) is 14.0. The first-order valence-corrected chi connectivity index (χ1v) is 18.7. The van der Waals surface area contributed by atoms with Gasteiger partial charge in [-0.3, -0.25) is 0 Å². The Morgan fingerprint density at radius 1 is 0.327 bits per heavy atom. The molecule has 0 radical (unpaired) electrons. The van der Waals surface area contributed by atoms with Gasteiger partial charge in [0, 0.05) is 32.8 Å². The number of anilines is 3. The lowest BCUT2D eigenvalue weighted by Crippen LogP contribution is -2.11. The van der Waals surface area contributed by atoms with E-state index in [1.165, 1.54) is 27.5 Å². The SMILES string of the molecule is c1ccc(-c2cccc3cccc(-c4ccccc4N(c4cccc(-c5ccc6oc7ccccc7c6c5)c4)c4cccc5c4oc4ccccc45)c23)cc1. The summed E-state index contributed by atoms with van der Waals surface area (Å²) in [4.78, 5) is 2.37. The number of hydrogen-bond acceptors (Lipinski definition) is 3. The van der Waals surface area contributed by atoms with Crippen molar-refractivity contribution in [1.82, 2.24) is 0 Å². The maximum absolute atomic E-state index is 6.74. The molecule has 0 unspecified atom stereocenters. The van der Waals surface area contributed by atoms with Crippen LogP contribution in [0, 0.1) is 0 Å². The Morgan fingerprint density at radius 3 is 1.76 bits per heavy atom. The third kappa shape index (κ3) is 5.13. The van der Waals surface area contributed by atoms with Crippen LogP contribution in [-0.2, 0) is 0 Å². The van der Waals surface area contributed by atoms with Gasteiger partial charge in [-0.2, -0.15) is 0 Å². The van der Waals surface area contributed by atoms with Crippen molar-refractivity contribution < 1.29 is 8.83 Å². The third-order valence-corrected chi connectivity index (χ3v) is 10.9. The van der Waals surface area contributed by atoms with E-state index in [0.717, 1.165) is 77.6 Å². The van der Waals surface area contributed by atoms with Crippen LogP contribution in [-0.4, -0.2) is 0 Å². The van der Waals surface area contributed by atoms with E-state index in [4.69, 9.17) is 8.83 Å². The minimum atomic E-state index is 0.845. The Balaban J connectivity index is 1.17. The van der Waals surface area contributed by atoms with Crippen LogP contribution in [0.15, 0.2) is 209 Å². The predicted molar refractivity (Wildman–Crippen MR) is 229 cm³/mol. The standard InChI is InChI=1S/C52H33NO2/c1-2-14-34(15-3-1)39-23-11-16-35-17-12-24-43(51(35)39)40-20-4-7-26-46(40)53(47-27-13-25-44-41-21-5-9-29-49(41)55-52(44)47)38-19-10-18-36(32-38)37-30-31-50-45(33-37)42-22-6-8-28-48(42)54-50/h1-33H. The van der Waals surface area contributed by atoms with Crippen LogP contribution in [0.2, 0.25) is 0 Å². The van der Waals surface area contributed by atoms with Crippen LogP contribution in [0.3, 0.4) is 0 Å². The summed E-state index contributed by atoms with van der Waals surface area (Å²) >= 11 is 0. The summed E-state index contributed by atoms with van der Waals surface area (Å²) in [6.07, 6.45) is 0. The molecule has 258 valence electrons. The van der Waals surface area contributed by atoms with Crippen molar-refractivity contribution in [3.8, 4) is 33.4 Å². The topological polar surface area (TPSA) is 29.5 Å². The number of fused-ring (bicyclic) bond motifs is 7. The lowest BCUT2D eigenvalue weighted by molar-refractivity contribution is 0.668. The average molecular weight is 704 g/mol. The van der Waals surface area contributed by atoms with Gasteiger partial charge >= 0.3 is 0 Å². The van der Waals surface area contributed by atoms with Crippen molar-refractivity contribution in [3.05, 3.63) is 200 Å². The zero-order valence-electron chi connectivity index (χ0n) is 29.8. The maximum atomic E-state index is 6.74. The number of para-hydroxylation sites is 4. The van der Waals surface area contributed by atoms with E-state index in [1.807, 2.05) is 18.2 Å². The summed E-state index contributed by atoms with van der Waals surface area (Å²) in [5, 5.41) is 6.83. The van der Waals surface area contributed by atoms with Gasteiger partial charge in [0.05, 0.1) is 11.4 Å². The Kier molecular flexibility index (Phi) is 7.17. The van der Waals surface area contributed by atoms with Crippen LogP contribution in [0.4, 0.5) is 17.1 Å². The number of hydrogen-bond donors (Lipinski definition) is 0. The summed E-state index contributed by atoms with van der Waals surface area (Å²) in [6, 6.07) is 71.0. The molecular weight excluding hydrogens is 671 g/mol. The first kappa shape index (κ1) is 31.2. The fourth-order valence-corrected chi connectivity index (χ4v) is 8.37.